The second-order valence-electron chi connectivity index (χ2n) is 4.30. The van der Waals surface area contributed by atoms with Gasteiger partial charge in [-0.2, -0.15) is 0 Å². The van der Waals surface area contributed by atoms with Gasteiger partial charge in [0, 0.05) is 19.5 Å². The van der Waals surface area contributed by atoms with E-state index in [0.717, 1.165) is 19.0 Å². The normalized spacial score (nSPS) is 23.5. The summed E-state index contributed by atoms with van der Waals surface area (Å²) in [6.07, 6.45) is 9.45. The Labute approximate surface area is 80.8 Å². The topological polar surface area (TPSA) is 24.4 Å². The Morgan fingerprint density at radius 1 is 1.23 bits per heavy atom. The zero-order valence-corrected chi connectivity index (χ0v) is 8.39. The highest BCUT2D eigenvalue weighted by molar-refractivity contribution is 5.82. The Bertz CT molecular complexity index is 183. The van der Waals surface area contributed by atoms with Crippen LogP contribution in [0.5, 0.6) is 0 Å². The van der Waals surface area contributed by atoms with Crippen LogP contribution in [0, 0.1) is 5.92 Å². The molecule has 0 bridgehead atoms. The van der Waals surface area contributed by atoms with E-state index in [2.05, 4.69) is 10.3 Å². The molecule has 2 nitrogen and oxygen atoms in total. The van der Waals surface area contributed by atoms with Crippen LogP contribution in [0.3, 0.4) is 0 Å². The molecule has 1 saturated carbocycles. The first-order valence-electron chi connectivity index (χ1n) is 5.72. The van der Waals surface area contributed by atoms with Crippen LogP contribution < -0.4 is 5.32 Å². The maximum absolute atomic E-state index is 4.55. The third-order valence-electron chi connectivity index (χ3n) is 2.95. The summed E-state index contributed by atoms with van der Waals surface area (Å²) in [6.45, 7) is 2.20. The Kier molecular flexibility index (Phi) is 3.22. The fourth-order valence-electron chi connectivity index (χ4n) is 1.85. The van der Waals surface area contributed by atoms with Gasteiger partial charge < -0.3 is 5.32 Å². The summed E-state index contributed by atoms with van der Waals surface area (Å²) in [4.78, 5) is 4.55. The average Bonchev–Trinajstić information content (AvgIpc) is 2.91. The molecule has 2 aliphatic rings. The van der Waals surface area contributed by atoms with Gasteiger partial charge >= 0.3 is 0 Å². The van der Waals surface area contributed by atoms with Gasteiger partial charge in [-0.3, -0.25) is 4.99 Å². The lowest BCUT2D eigenvalue weighted by atomic mass is 10.2. The fourth-order valence-corrected chi connectivity index (χ4v) is 1.85. The van der Waals surface area contributed by atoms with E-state index in [0.29, 0.717) is 0 Å². The molecule has 0 amide bonds. The van der Waals surface area contributed by atoms with Gasteiger partial charge in [0.15, 0.2) is 0 Å². The van der Waals surface area contributed by atoms with Crippen LogP contribution >= 0.6 is 0 Å². The van der Waals surface area contributed by atoms with Gasteiger partial charge in [0.2, 0.25) is 0 Å². The van der Waals surface area contributed by atoms with Crippen LogP contribution in [0.15, 0.2) is 4.99 Å². The van der Waals surface area contributed by atoms with Gasteiger partial charge in [0.25, 0.3) is 0 Å². The second-order valence-corrected chi connectivity index (χ2v) is 4.30. The summed E-state index contributed by atoms with van der Waals surface area (Å²) in [5.41, 5.74) is 0. The average molecular weight is 180 g/mol. The van der Waals surface area contributed by atoms with Crippen LogP contribution in [0.4, 0.5) is 0 Å². The monoisotopic (exact) mass is 180 g/mol. The van der Waals surface area contributed by atoms with Gasteiger partial charge in [0.1, 0.15) is 0 Å². The lowest BCUT2D eigenvalue weighted by Crippen LogP contribution is -2.24. The molecular weight excluding hydrogens is 160 g/mol. The van der Waals surface area contributed by atoms with E-state index in [-0.39, 0.29) is 0 Å². The smallest absolute Gasteiger partial charge is 0.0963 e. The number of hydrogen-bond acceptors (Lipinski definition) is 2. The van der Waals surface area contributed by atoms with Gasteiger partial charge in [0.05, 0.1) is 5.84 Å². The molecule has 0 saturated heterocycles. The van der Waals surface area contributed by atoms with E-state index < -0.39 is 0 Å². The molecule has 74 valence electrons. The number of aliphatic imine (C=N–C) groups is 1. The quantitative estimate of drug-likeness (QED) is 0.708. The molecule has 0 unspecified atom stereocenters. The lowest BCUT2D eigenvalue weighted by molar-refractivity contribution is 0.689. The molecule has 0 radical (unpaired) electrons. The van der Waals surface area contributed by atoms with Crippen LogP contribution in [0.2, 0.25) is 0 Å². The van der Waals surface area contributed by atoms with Crippen molar-refractivity contribution in [3.05, 3.63) is 0 Å². The van der Waals surface area contributed by atoms with Gasteiger partial charge in [-0.1, -0.05) is 19.3 Å². The highest BCUT2D eigenvalue weighted by atomic mass is 15.0. The lowest BCUT2D eigenvalue weighted by Gasteiger charge is -2.06. The molecule has 1 aliphatic carbocycles. The van der Waals surface area contributed by atoms with Crippen molar-refractivity contribution in [2.24, 2.45) is 10.9 Å². The van der Waals surface area contributed by atoms with E-state index in [9.17, 15) is 0 Å². The van der Waals surface area contributed by atoms with E-state index >= 15 is 0 Å². The van der Waals surface area contributed by atoms with Crippen molar-refractivity contribution in [1.29, 1.82) is 0 Å². The summed E-state index contributed by atoms with van der Waals surface area (Å²) < 4.78 is 0. The molecule has 2 heteroatoms. The molecule has 1 N–H and O–H groups in total. The minimum atomic E-state index is 1.04. The summed E-state index contributed by atoms with van der Waals surface area (Å²) in [5.74, 6) is 2.32. The largest absolute Gasteiger partial charge is 0.374 e. The maximum atomic E-state index is 4.55. The molecule has 1 aliphatic heterocycles. The van der Waals surface area contributed by atoms with Crippen LogP contribution in [0.1, 0.15) is 44.9 Å². The molecule has 1 fully saturated rings. The van der Waals surface area contributed by atoms with Crippen LogP contribution in [0.25, 0.3) is 0 Å². The highest BCUT2D eigenvalue weighted by Gasteiger charge is 2.20. The molecule has 0 aromatic rings. The molecule has 0 aromatic heterocycles. The zero-order valence-electron chi connectivity index (χ0n) is 8.39. The summed E-state index contributed by atoms with van der Waals surface area (Å²) in [6, 6.07) is 0. The minimum absolute atomic E-state index is 1.04. The summed E-state index contributed by atoms with van der Waals surface area (Å²) in [5, 5.41) is 3.48. The Morgan fingerprint density at radius 3 is 3.00 bits per heavy atom. The van der Waals surface area contributed by atoms with E-state index in [1.807, 2.05) is 0 Å². The number of nitrogens with one attached hydrogen (secondary N) is 1. The van der Waals surface area contributed by atoms with Gasteiger partial charge in [-0.25, -0.2) is 0 Å². The van der Waals surface area contributed by atoms with Crippen molar-refractivity contribution in [2.75, 3.05) is 13.1 Å². The molecular formula is C11H20N2. The number of amidine groups is 1. The Hall–Kier alpha value is -0.530. The van der Waals surface area contributed by atoms with Gasteiger partial charge in [-0.15, -0.1) is 0 Å². The standard InChI is InChI=1S/C11H20N2/c1-2-4-11(12-8-3-1)13-9-7-10-5-6-10/h10H,1-9H2,(H,12,13). The number of hydrogen-bond donors (Lipinski definition) is 1. The molecule has 1 heterocycles. The molecule has 13 heavy (non-hydrogen) atoms. The van der Waals surface area contributed by atoms with E-state index in [1.54, 1.807) is 0 Å². The Morgan fingerprint density at radius 2 is 2.15 bits per heavy atom. The van der Waals surface area contributed by atoms with Crippen molar-refractivity contribution in [2.45, 2.75) is 44.9 Å². The number of nitrogens with zero attached hydrogens (tertiary/aromatic N) is 1. The fraction of sp³-hybridized carbons (Fsp3) is 0.909. The van der Waals surface area contributed by atoms with E-state index in [4.69, 9.17) is 0 Å². The number of rotatable bonds is 3. The summed E-state index contributed by atoms with van der Waals surface area (Å²) in [7, 11) is 0. The first-order valence-corrected chi connectivity index (χ1v) is 5.72. The molecule has 0 spiro atoms. The van der Waals surface area contributed by atoms with Crippen molar-refractivity contribution >= 4 is 5.84 Å². The van der Waals surface area contributed by atoms with Crippen molar-refractivity contribution < 1.29 is 0 Å². The molecule has 0 atom stereocenters. The predicted molar refractivity (Wildman–Crippen MR) is 56.1 cm³/mol. The third-order valence-corrected chi connectivity index (χ3v) is 2.95. The molecule has 0 aromatic carbocycles. The highest BCUT2D eigenvalue weighted by Crippen LogP contribution is 2.31. The Balaban J connectivity index is 1.63. The van der Waals surface area contributed by atoms with Crippen molar-refractivity contribution in [3.8, 4) is 0 Å². The van der Waals surface area contributed by atoms with Crippen LogP contribution in [-0.4, -0.2) is 18.9 Å². The third kappa shape index (κ3) is 3.37. The SMILES string of the molecule is C1CCN=C(NCCC2CC2)CC1. The summed E-state index contributed by atoms with van der Waals surface area (Å²) >= 11 is 0. The van der Waals surface area contributed by atoms with Crippen LogP contribution in [-0.2, 0) is 0 Å². The second kappa shape index (κ2) is 4.64. The van der Waals surface area contributed by atoms with Crippen molar-refractivity contribution in [3.63, 3.8) is 0 Å². The van der Waals surface area contributed by atoms with Gasteiger partial charge in [-0.05, 0) is 25.2 Å². The van der Waals surface area contributed by atoms with E-state index in [1.165, 1.54) is 50.8 Å². The first-order chi connectivity index (χ1) is 6.45. The zero-order chi connectivity index (χ0) is 8.93. The molecule has 2 rings (SSSR count). The van der Waals surface area contributed by atoms with Crippen molar-refractivity contribution in [1.82, 2.24) is 5.32 Å². The first kappa shape index (κ1) is 9.04. The predicted octanol–water partition coefficient (Wildman–Crippen LogP) is 2.35. The maximum Gasteiger partial charge on any atom is 0.0963 e. The minimum Gasteiger partial charge on any atom is -0.374 e.